The molecule has 0 aliphatic heterocycles. The van der Waals surface area contributed by atoms with Crippen molar-refractivity contribution in [3.63, 3.8) is 0 Å². The number of rotatable bonds is 14. The maximum atomic E-state index is 13.9. The van der Waals surface area contributed by atoms with E-state index in [0.717, 1.165) is 22.3 Å². The summed E-state index contributed by atoms with van der Waals surface area (Å²) >= 11 is 0. The van der Waals surface area contributed by atoms with Gasteiger partial charge in [0.05, 0.1) is 11.9 Å². The van der Waals surface area contributed by atoms with Gasteiger partial charge in [0.25, 0.3) is 0 Å². The van der Waals surface area contributed by atoms with Crippen molar-refractivity contribution in [1.82, 2.24) is 10.2 Å². The Bertz CT molecular complexity index is 1390. The number of nitrogens with zero attached hydrogens (tertiary/aromatic N) is 2. The fourth-order valence-corrected chi connectivity index (χ4v) is 5.66. The highest BCUT2D eigenvalue weighted by Crippen LogP contribution is 2.21. The molecule has 1 atom stereocenters. The van der Waals surface area contributed by atoms with E-state index >= 15 is 0 Å². The summed E-state index contributed by atoms with van der Waals surface area (Å²) in [5.74, 6) is -0.119. The summed E-state index contributed by atoms with van der Waals surface area (Å²) in [4.78, 5) is 29.1. The van der Waals surface area contributed by atoms with Crippen LogP contribution in [-0.2, 0) is 32.6 Å². The Morgan fingerprint density at radius 3 is 2.12 bits per heavy atom. The van der Waals surface area contributed by atoms with Gasteiger partial charge in [-0.15, -0.1) is 0 Å². The molecule has 0 aromatic heterocycles. The minimum absolute atomic E-state index is 0.104. The molecule has 0 aliphatic rings. The van der Waals surface area contributed by atoms with Crippen molar-refractivity contribution < 1.29 is 18.0 Å². The van der Waals surface area contributed by atoms with Crippen LogP contribution in [0.4, 0.5) is 5.69 Å². The molecule has 8 heteroatoms. The van der Waals surface area contributed by atoms with Gasteiger partial charge in [0.1, 0.15) is 6.04 Å². The number of anilines is 1. The molecule has 0 bridgehead atoms. The zero-order chi connectivity index (χ0) is 30.0. The standard InChI is InChI=1S/C33H43N3O4S/c1-25(2)23-34-33(38)31(22-28-12-7-6-8-13-28)35(24-29-14-9-11-27(4)21-29)32(37)15-10-20-36(41(5,39)40)30-18-16-26(3)17-19-30/h6-9,11-14,16-19,21,25,31H,10,15,20,22-24H2,1-5H3,(H,34,38). The predicted molar refractivity (Wildman–Crippen MR) is 166 cm³/mol. The van der Waals surface area contributed by atoms with Gasteiger partial charge in [-0.25, -0.2) is 8.42 Å². The number of hydrogen-bond donors (Lipinski definition) is 1. The number of aryl methyl sites for hydroxylation is 2. The van der Waals surface area contributed by atoms with Crippen LogP contribution in [0.25, 0.3) is 0 Å². The van der Waals surface area contributed by atoms with E-state index < -0.39 is 16.1 Å². The summed E-state index contributed by atoms with van der Waals surface area (Å²) in [7, 11) is -3.54. The first-order chi connectivity index (χ1) is 19.4. The molecular formula is C33H43N3O4S. The van der Waals surface area contributed by atoms with Gasteiger partial charge in [-0.2, -0.15) is 0 Å². The van der Waals surface area contributed by atoms with E-state index in [4.69, 9.17) is 0 Å². The lowest BCUT2D eigenvalue weighted by molar-refractivity contribution is -0.141. The number of carbonyl (C=O) groups excluding carboxylic acids is 2. The third kappa shape index (κ3) is 10.0. The fraction of sp³-hybridized carbons (Fsp3) is 0.394. The van der Waals surface area contributed by atoms with Gasteiger partial charge >= 0.3 is 0 Å². The lowest BCUT2D eigenvalue weighted by atomic mass is 10.0. The van der Waals surface area contributed by atoms with Gasteiger partial charge in [-0.3, -0.25) is 13.9 Å². The minimum atomic E-state index is -3.54. The largest absolute Gasteiger partial charge is 0.354 e. The average Bonchev–Trinajstić information content (AvgIpc) is 2.92. The Kier molecular flexibility index (Phi) is 11.5. The summed E-state index contributed by atoms with van der Waals surface area (Å²) in [6, 6.07) is 24.2. The quantitative estimate of drug-likeness (QED) is 0.283. The van der Waals surface area contributed by atoms with Crippen LogP contribution in [0, 0.1) is 19.8 Å². The topological polar surface area (TPSA) is 86.8 Å². The lowest BCUT2D eigenvalue weighted by Crippen LogP contribution is -2.51. The molecule has 41 heavy (non-hydrogen) atoms. The molecule has 3 aromatic carbocycles. The minimum Gasteiger partial charge on any atom is -0.354 e. The molecule has 0 saturated carbocycles. The normalized spacial score (nSPS) is 12.1. The monoisotopic (exact) mass is 577 g/mol. The van der Waals surface area contributed by atoms with E-state index in [1.165, 1.54) is 10.6 Å². The SMILES string of the molecule is Cc1ccc(N(CCCC(=O)N(Cc2cccc(C)c2)C(Cc2ccccc2)C(=O)NCC(C)C)S(C)(=O)=O)cc1. The van der Waals surface area contributed by atoms with Crippen LogP contribution in [0.2, 0.25) is 0 Å². The zero-order valence-electron chi connectivity index (χ0n) is 24.8. The molecule has 0 fully saturated rings. The van der Waals surface area contributed by atoms with Crippen LogP contribution in [-0.4, -0.2) is 50.5 Å². The predicted octanol–water partition coefficient (Wildman–Crippen LogP) is 5.26. The van der Waals surface area contributed by atoms with E-state index in [-0.39, 0.29) is 37.2 Å². The Hall–Kier alpha value is -3.65. The Balaban J connectivity index is 1.87. The number of hydrogen-bond acceptors (Lipinski definition) is 4. The molecule has 7 nitrogen and oxygen atoms in total. The summed E-state index contributed by atoms with van der Waals surface area (Å²) in [5.41, 5.74) is 4.56. The van der Waals surface area contributed by atoms with Crippen molar-refractivity contribution in [2.75, 3.05) is 23.7 Å². The van der Waals surface area contributed by atoms with Gasteiger partial charge in [0.2, 0.25) is 21.8 Å². The summed E-state index contributed by atoms with van der Waals surface area (Å²) in [5, 5.41) is 3.03. The van der Waals surface area contributed by atoms with E-state index in [1.54, 1.807) is 17.0 Å². The number of nitrogens with one attached hydrogen (secondary N) is 1. The maximum absolute atomic E-state index is 13.9. The van der Waals surface area contributed by atoms with Gasteiger partial charge in [-0.05, 0) is 49.4 Å². The van der Waals surface area contributed by atoms with E-state index in [1.807, 2.05) is 94.4 Å². The van der Waals surface area contributed by atoms with E-state index in [2.05, 4.69) is 5.32 Å². The summed E-state index contributed by atoms with van der Waals surface area (Å²) in [6.07, 6.45) is 1.97. The number of sulfonamides is 1. The van der Waals surface area contributed by atoms with Crippen LogP contribution >= 0.6 is 0 Å². The van der Waals surface area contributed by atoms with Gasteiger partial charge in [0, 0.05) is 32.5 Å². The summed E-state index contributed by atoms with van der Waals surface area (Å²) in [6.45, 7) is 8.95. The second-order valence-corrected chi connectivity index (χ2v) is 13.0. The van der Waals surface area contributed by atoms with Crippen LogP contribution in [0.15, 0.2) is 78.9 Å². The van der Waals surface area contributed by atoms with Crippen molar-refractivity contribution >= 4 is 27.5 Å². The van der Waals surface area contributed by atoms with Crippen LogP contribution in [0.1, 0.15) is 48.9 Å². The molecule has 2 amide bonds. The smallest absolute Gasteiger partial charge is 0.243 e. The van der Waals surface area contributed by atoms with Crippen molar-refractivity contribution in [1.29, 1.82) is 0 Å². The van der Waals surface area contributed by atoms with E-state index in [0.29, 0.717) is 25.1 Å². The molecule has 0 aliphatic carbocycles. The first-order valence-corrected chi connectivity index (χ1v) is 16.0. The lowest BCUT2D eigenvalue weighted by Gasteiger charge is -2.32. The van der Waals surface area contributed by atoms with Crippen LogP contribution < -0.4 is 9.62 Å². The third-order valence-corrected chi connectivity index (χ3v) is 8.06. The van der Waals surface area contributed by atoms with Crippen molar-refractivity contribution in [3.8, 4) is 0 Å². The number of carbonyl (C=O) groups is 2. The number of amides is 2. The van der Waals surface area contributed by atoms with Gasteiger partial charge < -0.3 is 10.2 Å². The molecule has 1 N–H and O–H groups in total. The Morgan fingerprint density at radius 1 is 0.854 bits per heavy atom. The second kappa shape index (κ2) is 14.8. The molecule has 0 heterocycles. The average molecular weight is 578 g/mol. The van der Waals surface area contributed by atoms with Crippen molar-refractivity contribution in [2.24, 2.45) is 5.92 Å². The number of benzene rings is 3. The van der Waals surface area contributed by atoms with Crippen molar-refractivity contribution in [3.05, 3.63) is 101 Å². The third-order valence-electron chi connectivity index (χ3n) is 6.87. The highest BCUT2D eigenvalue weighted by atomic mass is 32.2. The maximum Gasteiger partial charge on any atom is 0.243 e. The molecule has 0 radical (unpaired) electrons. The van der Waals surface area contributed by atoms with Crippen molar-refractivity contribution in [2.45, 2.75) is 59.5 Å². The highest BCUT2D eigenvalue weighted by Gasteiger charge is 2.30. The molecule has 1 unspecified atom stereocenters. The molecule has 0 spiro atoms. The van der Waals surface area contributed by atoms with Crippen LogP contribution in [0.3, 0.4) is 0 Å². The fourth-order valence-electron chi connectivity index (χ4n) is 4.70. The Morgan fingerprint density at radius 2 is 1.51 bits per heavy atom. The molecule has 3 rings (SSSR count). The molecular weight excluding hydrogens is 534 g/mol. The highest BCUT2D eigenvalue weighted by molar-refractivity contribution is 7.92. The second-order valence-electron chi connectivity index (χ2n) is 11.1. The first kappa shape index (κ1) is 31.9. The van der Waals surface area contributed by atoms with Crippen LogP contribution in [0.5, 0.6) is 0 Å². The first-order valence-electron chi connectivity index (χ1n) is 14.1. The molecule has 0 saturated heterocycles. The zero-order valence-corrected chi connectivity index (χ0v) is 25.7. The molecule has 220 valence electrons. The molecule has 3 aromatic rings. The Labute approximate surface area is 245 Å². The van der Waals surface area contributed by atoms with Gasteiger partial charge in [0.15, 0.2) is 0 Å². The van der Waals surface area contributed by atoms with E-state index in [9.17, 15) is 18.0 Å². The van der Waals surface area contributed by atoms with Gasteiger partial charge in [-0.1, -0.05) is 91.7 Å². The summed E-state index contributed by atoms with van der Waals surface area (Å²) < 4.78 is 26.5.